The van der Waals surface area contributed by atoms with E-state index in [1.807, 2.05) is 44.2 Å². The highest BCUT2D eigenvalue weighted by atomic mass is 16.2. The first-order valence-corrected chi connectivity index (χ1v) is 15.1. The van der Waals surface area contributed by atoms with E-state index in [4.69, 9.17) is 0 Å². The van der Waals surface area contributed by atoms with E-state index in [9.17, 15) is 24.0 Å². The van der Waals surface area contributed by atoms with Crippen molar-refractivity contribution in [2.75, 3.05) is 6.54 Å². The lowest BCUT2D eigenvalue weighted by Gasteiger charge is -2.29. The van der Waals surface area contributed by atoms with Crippen molar-refractivity contribution in [3.05, 3.63) is 42.0 Å². The Bertz CT molecular complexity index is 1050. The molecule has 9 heteroatoms. The predicted molar refractivity (Wildman–Crippen MR) is 158 cm³/mol. The van der Waals surface area contributed by atoms with Crippen LogP contribution in [0.25, 0.3) is 6.08 Å². The largest absolute Gasteiger partial charge is 0.356 e. The number of aldehydes is 1. The zero-order valence-corrected chi connectivity index (χ0v) is 24.4. The molecule has 0 radical (unpaired) electrons. The Morgan fingerprint density at radius 1 is 0.902 bits per heavy atom. The molecule has 9 nitrogen and oxygen atoms in total. The Morgan fingerprint density at radius 2 is 1.61 bits per heavy atom. The second-order valence-electron chi connectivity index (χ2n) is 11.9. The summed E-state index contributed by atoms with van der Waals surface area (Å²) < 4.78 is 0. The van der Waals surface area contributed by atoms with E-state index < -0.39 is 29.9 Å². The molecule has 2 fully saturated rings. The molecule has 1 aliphatic carbocycles. The fraction of sp³-hybridized carbons (Fsp3) is 0.594. The van der Waals surface area contributed by atoms with Gasteiger partial charge in [-0.05, 0) is 55.6 Å². The summed E-state index contributed by atoms with van der Waals surface area (Å²) in [6.07, 6.45) is 11.7. The van der Waals surface area contributed by atoms with Gasteiger partial charge in [0.1, 0.15) is 18.4 Å². The van der Waals surface area contributed by atoms with E-state index in [1.165, 1.54) is 12.5 Å². The van der Waals surface area contributed by atoms with Crippen LogP contribution in [0.3, 0.4) is 0 Å². The molecule has 224 valence electrons. The Morgan fingerprint density at radius 3 is 2.27 bits per heavy atom. The molecule has 1 saturated heterocycles. The summed E-state index contributed by atoms with van der Waals surface area (Å²) >= 11 is 0. The van der Waals surface area contributed by atoms with Gasteiger partial charge in [0, 0.05) is 18.5 Å². The molecule has 1 aliphatic heterocycles. The molecule has 4 amide bonds. The van der Waals surface area contributed by atoms with Crippen LogP contribution in [0.5, 0.6) is 0 Å². The van der Waals surface area contributed by atoms with Crippen LogP contribution in [-0.4, -0.2) is 54.6 Å². The van der Waals surface area contributed by atoms with Crippen LogP contribution in [0.1, 0.15) is 83.6 Å². The fourth-order valence-corrected chi connectivity index (χ4v) is 5.72. The van der Waals surface area contributed by atoms with Crippen LogP contribution >= 0.6 is 0 Å². The lowest BCUT2D eigenvalue weighted by molar-refractivity contribution is -0.133. The lowest BCUT2D eigenvalue weighted by Crippen LogP contribution is -2.56. The van der Waals surface area contributed by atoms with Crippen molar-refractivity contribution in [2.45, 2.75) is 96.2 Å². The van der Waals surface area contributed by atoms with Crippen LogP contribution in [-0.2, 0) is 24.0 Å². The topological polar surface area (TPSA) is 133 Å². The number of carbonyl (C=O) groups is 5. The van der Waals surface area contributed by atoms with E-state index >= 15 is 0 Å². The molecule has 4 N–H and O–H groups in total. The van der Waals surface area contributed by atoms with Gasteiger partial charge in [0.15, 0.2) is 0 Å². The molecule has 0 unspecified atom stereocenters. The first-order chi connectivity index (χ1) is 19.7. The third-order valence-corrected chi connectivity index (χ3v) is 7.92. The molecule has 0 aromatic heterocycles. The van der Waals surface area contributed by atoms with Crippen LogP contribution in [0.4, 0.5) is 0 Å². The van der Waals surface area contributed by atoms with E-state index in [0.29, 0.717) is 38.0 Å². The summed E-state index contributed by atoms with van der Waals surface area (Å²) in [6, 6.07) is 6.94. The van der Waals surface area contributed by atoms with Gasteiger partial charge in [0.05, 0.1) is 6.04 Å². The van der Waals surface area contributed by atoms with Crippen molar-refractivity contribution >= 4 is 36.0 Å². The van der Waals surface area contributed by atoms with Gasteiger partial charge in [-0.15, -0.1) is 0 Å². The third-order valence-electron chi connectivity index (χ3n) is 7.92. The molecule has 1 aromatic rings. The van der Waals surface area contributed by atoms with Crippen molar-refractivity contribution in [3.8, 4) is 0 Å². The summed E-state index contributed by atoms with van der Waals surface area (Å²) in [5.74, 6) is -1.29. The van der Waals surface area contributed by atoms with Gasteiger partial charge in [-0.3, -0.25) is 19.2 Å². The summed E-state index contributed by atoms with van der Waals surface area (Å²) in [4.78, 5) is 63.7. The minimum Gasteiger partial charge on any atom is -0.356 e. The Labute approximate surface area is 243 Å². The number of rotatable bonds is 14. The molecule has 1 saturated carbocycles. The molecule has 0 bridgehead atoms. The second-order valence-corrected chi connectivity index (χ2v) is 11.9. The summed E-state index contributed by atoms with van der Waals surface area (Å²) in [6.45, 7) is 4.52. The Kier molecular flexibility index (Phi) is 13.0. The molecule has 41 heavy (non-hydrogen) atoms. The molecular weight excluding hydrogens is 520 g/mol. The van der Waals surface area contributed by atoms with E-state index in [1.54, 1.807) is 6.08 Å². The minimum atomic E-state index is -0.879. The summed E-state index contributed by atoms with van der Waals surface area (Å²) in [5, 5.41) is 11.3. The van der Waals surface area contributed by atoms with Crippen molar-refractivity contribution in [1.82, 2.24) is 21.3 Å². The van der Waals surface area contributed by atoms with E-state index in [2.05, 4.69) is 21.3 Å². The lowest BCUT2D eigenvalue weighted by atomic mass is 9.84. The Balaban J connectivity index is 1.68. The Hall–Kier alpha value is -3.49. The number of benzene rings is 1. The van der Waals surface area contributed by atoms with Gasteiger partial charge >= 0.3 is 0 Å². The fourth-order valence-electron chi connectivity index (χ4n) is 5.72. The molecule has 4 atom stereocenters. The first-order valence-electron chi connectivity index (χ1n) is 15.1. The second kappa shape index (κ2) is 16.7. The van der Waals surface area contributed by atoms with Crippen molar-refractivity contribution in [1.29, 1.82) is 0 Å². The zero-order valence-electron chi connectivity index (χ0n) is 24.4. The van der Waals surface area contributed by atoms with Crippen LogP contribution < -0.4 is 21.3 Å². The number of carbonyl (C=O) groups excluding carboxylic acids is 5. The van der Waals surface area contributed by atoms with E-state index in [-0.39, 0.29) is 30.1 Å². The number of hydrogen-bond acceptors (Lipinski definition) is 5. The van der Waals surface area contributed by atoms with Crippen molar-refractivity contribution < 1.29 is 24.0 Å². The van der Waals surface area contributed by atoms with Gasteiger partial charge in [-0.1, -0.05) is 76.3 Å². The van der Waals surface area contributed by atoms with Crippen LogP contribution in [0, 0.1) is 17.8 Å². The maximum atomic E-state index is 13.6. The highest BCUT2D eigenvalue weighted by Gasteiger charge is 2.32. The number of piperidine rings is 1. The SMILES string of the molecule is CC(C)C[C@H](NC(=O)[C@H](CC1CCCCC1)NC(=O)C=Cc1ccccc1)C(=O)N[C@H](C=O)C[C@@H]1CCCNC1=O. The van der Waals surface area contributed by atoms with E-state index in [0.717, 1.165) is 37.7 Å². The monoisotopic (exact) mass is 566 g/mol. The summed E-state index contributed by atoms with van der Waals surface area (Å²) in [7, 11) is 0. The van der Waals surface area contributed by atoms with Gasteiger partial charge < -0.3 is 26.1 Å². The van der Waals surface area contributed by atoms with Crippen molar-refractivity contribution in [3.63, 3.8) is 0 Å². The first kappa shape index (κ1) is 32.0. The number of hydrogen-bond donors (Lipinski definition) is 4. The predicted octanol–water partition coefficient (Wildman–Crippen LogP) is 3.29. The molecule has 2 aliphatic rings. The third kappa shape index (κ3) is 11.1. The van der Waals surface area contributed by atoms with Gasteiger partial charge in [0.25, 0.3) is 0 Å². The van der Waals surface area contributed by atoms with Gasteiger partial charge in [-0.2, -0.15) is 0 Å². The number of nitrogens with one attached hydrogen (secondary N) is 4. The molecule has 1 aromatic carbocycles. The molecule has 0 spiro atoms. The quantitative estimate of drug-likeness (QED) is 0.203. The average Bonchev–Trinajstić information content (AvgIpc) is 2.97. The average molecular weight is 567 g/mol. The maximum absolute atomic E-state index is 13.6. The zero-order chi connectivity index (χ0) is 29.6. The van der Waals surface area contributed by atoms with Crippen LogP contribution in [0.2, 0.25) is 0 Å². The highest BCUT2D eigenvalue weighted by Crippen LogP contribution is 2.27. The normalized spacial score (nSPS) is 20.1. The molecular formula is C32H46N4O5. The van der Waals surface area contributed by atoms with Gasteiger partial charge in [0.2, 0.25) is 23.6 Å². The smallest absolute Gasteiger partial charge is 0.244 e. The van der Waals surface area contributed by atoms with Gasteiger partial charge in [-0.25, -0.2) is 0 Å². The maximum Gasteiger partial charge on any atom is 0.244 e. The highest BCUT2D eigenvalue weighted by molar-refractivity contribution is 5.97. The number of amides is 4. The minimum absolute atomic E-state index is 0.0880. The van der Waals surface area contributed by atoms with Crippen molar-refractivity contribution in [2.24, 2.45) is 17.8 Å². The van der Waals surface area contributed by atoms with Crippen LogP contribution in [0.15, 0.2) is 36.4 Å². The standard InChI is InChI=1S/C32H46N4O5/c1-22(2)18-27(31(40)34-26(21-37)20-25-14-9-17-33-30(25)39)36-32(41)28(19-24-12-7-4-8-13-24)35-29(38)16-15-23-10-5-3-6-11-23/h3,5-6,10-11,15-16,21-22,24-28H,4,7-9,12-14,17-20H2,1-2H3,(H,33,39)(H,34,40)(H,35,38)(H,36,41)/t25-,26-,27-,28-/m0/s1. The molecule has 3 rings (SSSR count). The summed E-state index contributed by atoms with van der Waals surface area (Å²) in [5.41, 5.74) is 0.875. The molecule has 1 heterocycles.